The number of ether oxygens (including phenoxy) is 1. The molecule has 0 aromatic heterocycles. The number of carbonyl (C=O) groups excluding carboxylic acids is 1. The van der Waals surface area contributed by atoms with Crippen molar-refractivity contribution in [2.45, 2.75) is 46.1 Å². The number of amides is 1. The fraction of sp³-hybridized carbons (Fsp3) is 0.917. The molecule has 1 rings (SSSR count). The molecule has 1 aliphatic rings. The summed E-state index contributed by atoms with van der Waals surface area (Å²) in [6, 6.07) is 0. The van der Waals surface area contributed by atoms with Crippen LogP contribution in [0.5, 0.6) is 0 Å². The van der Waals surface area contributed by atoms with Gasteiger partial charge in [-0.05, 0) is 18.3 Å². The first-order chi connectivity index (χ1) is 6.92. The molecule has 0 bridgehead atoms. The minimum atomic E-state index is 0.0805. The van der Waals surface area contributed by atoms with Crippen molar-refractivity contribution in [2.24, 2.45) is 5.41 Å². The van der Waals surface area contributed by atoms with Crippen LogP contribution in [0, 0.1) is 5.41 Å². The van der Waals surface area contributed by atoms with E-state index in [4.69, 9.17) is 4.74 Å². The summed E-state index contributed by atoms with van der Waals surface area (Å²) in [6.07, 6.45) is 3.01. The molecule has 88 valence electrons. The topological polar surface area (TPSA) is 29.5 Å². The van der Waals surface area contributed by atoms with Crippen LogP contribution in [0.1, 0.15) is 40.0 Å². The molecule has 0 aromatic rings. The minimum absolute atomic E-state index is 0.0805. The third-order valence-corrected chi connectivity index (χ3v) is 2.75. The van der Waals surface area contributed by atoms with Crippen molar-refractivity contribution in [3.8, 4) is 0 Å². The largest absolute Gasteiger partial charge is 0.380 e. The maximum atomic E-state index is 11.9. The van der Waals surface area contributed by atoms with Crippen LogP contribution < -0.4 is 0 Å². The van der Waals surface area contributed by atoms with E-state index in [1.165, 1.54) is 0 Å². The Hall–Kier alpha value is -0.570. The minimum Gasteiger partial charge on any atom is -0.380 e. The van der Waals surface area contributed by atoms with E-state index >= 15 is 0 Å². The van der Waals surface area contributed by atoms with Gasteiger partial charge in [0.05, 0.1) is 6.10 Å². The number of nitrogens with zero attached hydrogens (tertiary/aromatic N) is 1. The number of methoxy groups -OCH3 is 1. The molecule has 0 saturated carbocycles. The zero-order valence-corrected chi connectivity index (χ0v) is 10.4. The molecule has 1 heterocycles. The fourth-order valence-corrected chi connectivity index (χ4v) is 1.92. The van der Waals surface area contributed by atoms with Crippen LogP contribution in [0.15, 0.2) is 0 Å². The van der Waals surface area contributed by atoms with Gasteiger partial charge in [-0.15, -0.1) is 0 Å². The first-order valence-corrected chi connectivity index (χ1v) is 5.73. The van der Waals surface area contributed by atoms with Gasteiger partial charge in [-0.1, -0.05) is 20.8 Å². The summed E-state index contributed by atoms with van der Waals surface area (Å²) < 4.78 is 5.31. The predicted octanol–water partition coefficient (Wildman–Crippen LogP) is 2.06. The smallest absolute Gasteiger partial charge is 0.223 e. The molecule has 1 fully saturated rings. The quantitative estimate of drug-likeness (QED) is 0.702. The Morgan fingerprint density at radius 3 is 2.67 bits per heavy atom. The van der Waals surface area contributed by atoms with E-state index < -0.39 is 0 Å². The third-order valence-electron chi connectivity index (χ3n) is 2.75. The molecule has 1 saturated heterocycles. The number of hydrogen-bond donors (Lipinski definition) is 0. The van der Waals surface area contributed by atoms with Crippen molar-refractivity contribution >= 4 is 5.91 Å². The van der Waals surface area contributed by atoms with E-state index in [0.29, 0.717) is 6.42 Å². The van der Waals surface area contributed by atoms with Gasteiger partial charge in [-0.3, -0.25) is 4.79 Å². The zero-order chi connectivity index (χ0) is 11.5. The van der Waals surface area contributed by atoms with Crippen LogP contribution in [-0.2, 0) is 9.53 Å². The van der Waals surface area contributed by atoms with Gasteiger partial charge >= 0.3 is 0 Å². The van der Waals surface area contributed by atoms with E-state index in [-0.39, 0.29) is 17.4 Å². The molecule has 0 spiro atoms. The van der Waals surface area contributed by atoms with E-state index in [2.05, 4.69) is 20.8 Å². The summed E-state index contributed by atoms with van der Waals surface area (Å²) >= 11 is 0. The summed E-state index contributed by atoms with van der Waals surface area (Å²) in [4.78, 5) is 13.9. The first-order valence-electron chi connectivity index (χ1n) is 5.73. The van der Waals surface area contributed by atoms with Crippen molar-refractivity contribution in [1.29, 1.82) is 0 Å². The highest BCUT2D eigenvalue weighted by molar-refractivity contribution is 5.76. The first kappa shape index (κ1) is 12.5. The van der Waals surface area contributed by atoms with Crippen LogP contribution in [0.25, 0.3) is 0 Å². The highest BCUT2D eigenvalue weighted by Crippen LogP contribution is 2.22. The Kier molecular flexibility index (Phi) is 4.14. The highest BCUT2D eigenvalue weighted by Gasteiger charge is 2.26. The van der Waals surface area contributed by atoms with Gasteiger partial charge in [0.25, 0.3) is 0 Å². The molecule has 15 heavy (non-hydrogen) atoms. The molecule has 0 N–H and O–H groups in total. The van der Waals surface area contributed by atoms with Gasteiger partial charge in [-0.25, -0.2) is 0 Å². The van der Waals surface area contributed by atoms with E-state index in [1.807, 2.05) is 4.90 Å². The maximum Gasteiger partial charge on any atom is 0.223 e. The number of hydrogen-bond acceptors (Lipinski definition) is 2. The maximum absolute atomic E-state index is 11.9. The van der Waals surface area contributed by atoms with E-state index in [1.54, 1.807) is 7.11 Å². The second-order valence-corrected chi connectivity index (χ2v) is 5.58. The van der Waals surface area contributed by atoms with Crippen LogP contribution in [0.2, 0.25) is 0 Å². The summed E-state index contributed by atoms with van der Waals surface area (Å²) in [7, 11) is 1.72. The average molecular weight is 213 g/mol. The van der Waals surface area contributed by atoms with Gasteiger partial charge in [0.15, 0.2) is 0 Å². The van der Waals surface area contributed by atoms with Gasteiger partial charge in [0.1, 0.15) is 0 Å². The molecule has 0 aliphatic carbocycles. The Balaban J connectivity index is 2.45. The molecular formula is C12H23NO2. The van der Waals surface area contributed by atoms with Crippen LogP contribution in [0.3, 0.4) is 0 Å². The van der Waals surface area contributed by atoms with Gasteiger partial charge in [0, 0.05) is 26.6 Å². The lowest BCUT2D eigenvalue weighted by Crippen LogP contribution is -2.43. The molecule has 0 aromatic carbocycles. The lowest BCUT2D eigenvalue weighted by atomic mass is 9.91. The molecule has 0 radical (unpaired) electrons. The molecule has 3 heteroatoms. The Labute approximate surface area is 92.8 Å². The van der Waals surface area contributed by atoms with Crippen molar-refractivity contribution in [2.75, 3.05) is 20.2 Å². The predicted molar refractivity (Wildman–Crippen MR) is 60.7 cm³/mol. The molecule has 1 atom stereocenters. The Morgan fingerprint density at radius 2 is 2.13 bits per heavy atom. The van der Waals surface area contributed by atoms with E-state index in [0.717, 1.165) is 25.9 Å². The monoisotopic (exact) mass is 213 g/mol. The Bertz CT molecular complexity index is 220. The standard InChI is InChI=1S/C12H23NO2/c1-12(2,3)8-11(14)13-7-5-6-10(9-13)15-4/h10H,5-9H2,1-4H3. The highest BCUT2D eigenvalue weighted by atomic mass is 16.5. The summed E-state index contributed by atoms with van der Waals surface area (Å²) in [5.41, 5.74) is 0.0805. The summed E-state index contributed by atoms with van der Waals surface area (Å²) in [6.45, 7) is 7.97. The van der Waals surface area contributed by atoms with Crippen molar-refractivity contribution in [1.82, 2.24) is 4.90 Å². The van der Waals surface area contributed by atoms with Crippen LogP contribution in [-0.4, -0.2) is 37.1 Å². The number of carbonyl (C=O) groups is 1. The van der Waals surface area contributed by atoms with E-state index in [9.17, 15) is 4.79 Å². The summed E-state index contributed by atoms with van der Waals surface area (Å²) in [5.74, 6) is 0.268. The molecule has 1 aliphatic heterocycles. The second kappa shape index (κ2) is 4.97. The fourth-order valence-electron chi connectivity index (χ4n) is 1.92. The Morgan fingerprint density at radius 1 is 1.47 bits per heavy atom. The SMILES string of the molecule is COC1CCCN(C(=O)CC(C)(C)C)C1. The summed E-state index contributed by atoms with van der Waals surface area (Å²) in [5, 5.41) is 0. The lowest BCUT2D eigenvalue weighted by molar-refractivity contribution is -0.136. The second-order valence-electron chi connectivity index (χ2n) is 5.58. The van der Waals surface area contributed by atoms with Gasteiger partial charge in [-0.2, -0.15) is 0 Å². The molecule has 1 amide bonds. The lowest BCUT2D eigenvalue weighted by Gasteiger charge is -2.33. The zero-order valence-electron chi connectivity index (χ0n) is 10.4. The number of piperidine rings is 1. The number of rotatable bonds is 2. The van der Waals surface area contributed by atoms with Crippen LogP contribution in [0.4, 0.5) is 0 Å². The van der Waals surface area contributed by atoms with Crippen molar-refractivity contribution < 1.29 is 9.53 Å². The van der Waals surface area contributed by atoms with Crippen molar-refractivity contribution in [3.05, 3.63) is 0 Å². The molecule has 3 nitrogen and oxygen atoms in total. The van der Waals surface area contributed by atoms with Gasteiger partial charge in [0.2, 0.25) is 5.91 Å². The number of likely N-dealkylation sites (tertiary alicyclic amines) is 1. The molecule has 1 unspecified atom stereocenters. The third kappa shape index (κ3) is 4.20. The average Bonchev–Trinajstić information content (AvgIpc) is 2.15. The van der Waals surface area contributed by atoms with Crippen molar-refractivity contribution in [3.63, 3.8) is 0 Å². The normalized spacial score (nSPS) is 22.9. The molecular weight excluding hydrogens is 190 g/mol. The van der Waals surface area contributed by atoms with Gasteiger partial charge < -0.3 is 9.64 Å². The van der Waals surface area contributed by atoms with Crippen LogP contribution >= 0.6 is 0 Å².